The van der Waals surface area contributed by atoms with Crippen molar-refractivity contribution in [1.82, 2.24) is 0 Å². The lowest BCUT2D eigenvalue weighted by Crippen LogP contribution is -2.33. The van der Waals surface area contributed by atoms with Crippen molar-refractivity contribution in [2.75, 3.05) is 6.61 Å². The number of carbonyl (C=O) groups is 2. The van der Waals surface area contributed by atoms with Gasteiger partial charge in [0.1, 0.15) is 11.3 Å². The van der Waals surface area contributed by atoms with Gasteiger partial charge in [0.2, 0.25) is 5.88 Å². The number of carbonyl (C=O) groups excluding carboxylic acids is 2. The van der Waals surface area contributed by atoms with Crippen LogP contribution in [-0.2, 0) is 19.1 Å². The van der Waals surface area contributed by atoms with E-state index < -0.39 is 11.9 Å². The van der Waals surface area contributed by atoms with E-state index in [1.54, 1.807) is 25.1 Å². The summed E-state index contributed by atoms with van der Waals surface area (Å²) in [6.07, 6.45) is 0.771. The van der Waals surface area contributed by atoms with Gasteiger partial charge in [0.15, 0.2) is 5.78 Å². The highest BCUT2D eigenvalue weighted by Gasteiger charge is 2.44. The van der Waals surface area contributed by atoms with Crippen molar-refractivity contribution in [3.8, 4) is 0 Å². The third-order valence-corrected chi connectivity index (χ3v) is 6.43. The quantitative estimate of drug-likeness (QED) is 0.634. The summed E-state index contributed by atoms with van der Waals surface area (Å²) in [6.45, 7) is 1.85. The van der Waals surface area contributed by atoms with E-state index in [4.69, 9.17) is 38.4 Å². The van der Waals surface area contributed by atoms with Crippen LogP contribution in [0.1, 0.15) is 42.7 Å². The van der Waals surface area contributed by atoms with E-state index in [2.05, 4.69) is 0 Å². The van der Waals surface area contributed by atoms with E-state index in [-0.39, 0.29) is 41.2 Å². The lowest BCUT2D eigenvalue weighted by Gasteiger charge is -2.35. The molecular formula is C24H21Cl2NO4. The van der Waals surface area contributed by atoms with Crippen LogP contribution in [0, 0.1) is 0 Å². The van der Waals surface area contributed by atoms with Crippen LogP contribution in [0.5, 0.6) is 0 Å². The third kappa shape index (κ3) is 3.95. The first-order valence-corrected chi connectivity index (χ1v) is 10.8. The van der Waals surface area contributed by atoms with Crippen LogP contribution in [0.15, 0.2) is 71.3 Å². The molecule has 0 unspecified atom stereocenters. The summed E-state index contributed by atoms with van der Waals surface area (Å²) in [5.41, 5.74) is 8.21. The first-order chi connectivity index (χ1) is 14.9. The van der Waals surface area contributed by atoms with Gasteiger partial charge in [-0.2, -0.15) is 0 Å². The normalized spacial score (nSPS) is 20.9. The van der Waals surface area contributed by atoms with Gasteiger partial charge in [0.25, 0.3) is 0 Å². The van der Waals surface area contributed by atoms with Crippen molar-refractivity contribution < 1.29 is 19.1 Å². The van der Waals surface area contributed by atoms with Crippen LogP contribution in [0.25, 0.3) is 0 Å². The van der Waals surface area contributed by atoms with E-state index in [1.807, 2.05) is 30.3 Å². The molecule has 1 aliphatic heterocycles. The van der Waals surface area contributed by atoms with Gasteiger partial charge in [-0.05, 0) is 30.0 Å². The minimum atomic E-state index is -0.807. The third-order valence-electron chi connectivity index (χ3n) is 5.60. The highest BCUT2D eigenvalue weighted by atomic mass is 35.5. The van der Waals surface area contributed by atoms with Crippen LogP contribution in [0.2, 0.25) is 10.0 Å². The Bertz CT molecular complexity index is 1110. The molecule has 160 valence electrons. The first kappa shape index (κ1) is 21.5. The Labute approximate surface area is 190 Å². The molecule has 1 aliphatic carbocycles. The van der Waals surface area contributed by atoms with Gasteiger partial charge >= 0.3 is 5.97 Å². The number of allylic oxidation sites excluding steroid dienone is 2. The summed E-state index contributed by atoms with van der Waals surface area (Å²) in [7, 11) is 0. The summed E-state index contributed by atoms with van der Waals surface area (Å²) in [5, 5.41) is 0.579. The van der Waals surface area contributed by atoms with Gasteiger partial charge in [-0.1, -0.05) is 65.7 Å². The number of rotatable bonds is 4. The minimum absolute atomic E-state index is 0.0418. The molecule has 0 fully saturated rings. The van der Waals surface area contributed by atoms with E-state index in [9.17, 15) is 9.59 Å². The molecular weight excluding hydrogens is 437 g/mol. The molecule has 4 rings (SSSR count). The maximum absolute atomic E-state index is 13.4. The summed E-state index contributed by atoms with van der Waals surface area (Å²) in [6, 6.07) is 14.9. The highest BCUT2D eigenvalue weighted by molar-refractivity contribution is 6.42. The van der Waals surface area contributed by atoms with Crippen LogP contribution >= 0.6 is 23.2 Å². The fraction of sp³-hybridized carbons (Fsp3) is 0.250. The van der Waals surface area contributed by atoms with Crippen molar-refractivity contribution in [3.05, 3.63) is 92.5 Å². The number of ether oxygens (including phenoxy) is 2. The van der Waals surface area contributed by atoms with Crippen molar-refractivity contribution in [3.63, 3.8) is 0 Å². The average molecular weight is 458 g/mol. The SMILES string of the molecule is CCOC(=O)C1=C(N)OC2=C(C(=O)C[C@H](c3ccccc3)C2)[C@H]1c1cccc(Cl)c1Cl. The van der Waals surface area contributed by atoms with E-state index in [0.717, 1.165) is 5.56 Å². The second-order valence-electron chi connectivity index (χ2n) is 7.45. The fourth-order valence-corrected chi connectivity index (χ4v) is 4.65. The molecule has 1 heterocycles. The smallest absolute Gasteiger partial charge is 0.340 e. The molecule has 2 aliphatic rings. The molecule has 2 atom stereocenters. The second kappa shape index (κ2) is 8.77. The molecule has 0 bridgehead atoms. The molecule has 7 heteroatoms. The average Bonchev–Trinajstić information content (AvgIpc) is 2.75. The second-order valence-corrected chi connectivity index (χ2v) is 8.24. The van der Waals surface area contributed by atoms with Gasteiger partial charge in [0, 0.05) is 18.4 Å². The largest absolute Gasteiger partial charge is 0.462 e. The predicted molar refractivity (Wildman–Crippen MR) is 119 cm³/mol. The van der Waals surface area contributed by atoms with E-state index in [0.29, 0.717) is 28.3 Å². The molecule has 0 spiro atoms. The summed E-state index contributed by atoms with van der Waals surface area (Å²) < 4.78 is 11.1. The molecule has 0 radical (unpaired) electrons. The lowest BCUT2D eigenvalue weighted by atomic mass is 9.73. The molecule has 2 aromatic rings. The monoisotopic (exact) mass is 457 g/mol. The van der Waals surface area contributed by atoms with Crippen molar-refractivity contribution in [2.45, 2.75) is 31.6 Å². The molecule has 0 aromatic heterocycles. The molecule has 5 nitrogen and oxygen atoms in total. The van der Waals surface area contributed by atoms with Crippen molar-refractivity contribution in [2.24, 2.45) is 5.73 Å². The Hall–Kier alpha value is -2.76. The van der Waals surface area contributed by atoms with Gasteiger partial charge < -0.3 is 15.2 Å². The summed E-state index contributed by atoms with van der Waals surface area (Å²) >= 11 is 12.7. The van der Waals surface area contributed by atoms with Crippen LogP contribution in [-0.4, -0.2) is 18.4 Å². The maximum atomic E-state index is 13.4. The minimum Gasteiger partial charge on any atom is -0.462 e. The molecule has 0 saturated heterocycles. The lowest BCUT2D eigenvalue weighted by molar-refractivity contribution is -0.139. The van der Waals surface area contributed by atoms with Gasteiger partial charge in [-0.25, -0.2) is 4.79 Å². The Balaban J connectivity index is 1.85. The van der Waals surface area contributed by atoms with Crippen molar-refractivity contribution >= 4 is 35.0 Å². The molecule has 0 amide bonds. The molecule has 2 aromatic carbocycles. The van der Waals surface area contributed by atoms with Gasteiger partial charge in [-0.3, -0.25) is 4.79 Å². The predicted octanol–water partition coefficient (Wildman–Crippen LogP) is 5.24. The number of hydrogen-bond donors (Lipinski definition) is 1. The Kier molecular flexibility index (Phi) is 6.08. The zero-order valence-electron chi connectivity index (χ0n) is 16.9. The Morgan fingerprint density at radius 2 is 1.87 bits per heavy atom. The number of nitrogens with two attached hydrogens (primary N) is 1. The van der Waals surface area contributed by atoms with Crippen LogP contribution in [0.4, 0.5) is 0 Å². The zero-order valence-corrected chi connectivity index (χ0v) is 18.4. The van der Waals surface area contributed by atoms with Crippen LogP contribution in [0.3, 0.4) is 0 Å². The molecule has 2 N–H and O–H groups in total. The number of Topliss-reactive ketones (excluding diaryl/α,β-unsaturated/α-hetero) is 1. The maximum Gasteiger partial charge on any atom is 0.340 e. The Morgan fingerprint density at radius 3 is 2.58 bits per heavy atom. The standard InChI is InChI=1S/C24H21Cl2NO4/c1-2-30-24(29)21-19(15-9-6-10-16(25)22(15)26)20-17(28)11-14(12-18(20)31-23(21)27)13-7-4-3-5-8-13/h3-10,14,19H,2,11-12,27H2,1H3/t14-,19+/m0/s1. The number of hydrogen-bond acceptors (Lipinski definition) is 5. The van der Waals surface area contributed by atoms with Crippen molar-refractivity contribution in [1.29, 1.82) is 0 Å². The van der Waals surface area contributed by atoms with E-state index in [1.165, 1.54) is 0 Å². The summed E-state index contributed by atoms with van der Waals surface area (Å²) in [4.78, 5) is 26.2. The number of esters is 1. The fourth-order valence-electron chi connectivity index (χ4n) is 4.23. The van der Waals surface area contributed by atoms with E-state index >= 15 is 0 Å². The number of halogens is 2. The van der Waals surface area contributed by atoms with Gasteiger partial charge in [0.05, 0.1) is 22.6 Å². The van der Waals surface area contributed by atoms with Gasteiger partial charge in [-0.15, -0.1) is 0 Å². The topological polar surface area (TPSA) is 78.6 Å². The number of benzene rings is 2. The Morgan fingerprint density at radius 1 is 1.13 bits per heavy atom. The van der Waals surface area contributed by atoms with Crippen LogP contribution < -0.4 is 5.73 Å². The summed E-state index contributed by atoms with van der Waals surface area (Å²) in [5.74, 6) is -1.24. The molecule has 0 saturated carbocycles. The molecule has 31 heavy (non-hydrogen) atoms. The number of ketones is 1. The highest BCUT2D eigenvalue weighted by Crippen LogP contribution is 2.49. The first-order valence-electron chi connectivity index (χ1n) is 10.0. The zero-order chi connectivity index (χ0) is 22.1.